The van der Waals surface area contributed by atoms with Crippen LogP contribution < -0.4 is 10.1 Å². The SMILES string of the molecule is COc1cccc(S(C)(=O)=O)c1CC1CCCNC1. The number of benzene rings is 1. The van der Waals surface area contributed by atoms with E-state index in [0.717, 1.165) is 37.9 Å². The molecular formula is C14H21NO3S. The van der Waals surface area contributed by atoms with Gasteiger partial charge in [0.1, 0.15) is 5.75 Å². The van der Waals surface area contributed by atoms with Crippen LogP contribution in [0.1, 0.15) is 18.4 Å². The lowest BCUT2D eigenvalue weighted by Gasteiger charge is -2.24. The van der Waals surface area contributed by atoms with Crippen LogP contribution in [0.15, 0.2) is 23.1 Å². The molecule has 1 aromatic carbocycles. The number of hydrogen-bond donors (Lipinski definition) is 1. The van der Waals surface area contributed by atoms with E-state index in [2.05, 4.69) is 5.32 Å². The third-order valence-electron chi connectivity index (χ3n) is 3.60. The zero-order valence-electron chi connectivity index (χ0n) is 11.5. The largest absolute Gasteiger partial charge is 0.496 e. The van der Waals surface area contributed by atoms with Gasteiger partial charge in [-0.05, 0) is 50.4 Å². The highest BCUT2D eigenvalue weighted by atomic mass is 32.2. The minimum atomic E-state index is -3.22. The van der Waals surface area contributed by atoms with Gasteiger partial charge >= 0.3 is 0 Å². The van der Waals surface area contributed by atoms with Crippen molar-refractivity contribution < 1.29 is 13.2 Å². The molecule has 1 atom stereocenters. The summed E-state index contributed by atoms with van der Waals surface area (Å²) in [6, 6.07) is 5.24. The first-order valence-corrected chi connectivity index (χ1v) is 8.48. The maximum atomic E-state index is 11.9. The summed E-state index contributed by atoms with van der Waals surface area (Å²) >= 11 is 0. The summed E-state index contributed by atoms with van der Waals surface area (Å²) in [4.78, 5) is 0.400. The summed E-state index contributed by atoms with van der Waals surface area (Å²) in [5, 5.41) is 3.36. The molecule has 2 rings (SSSR count). The van der Waals surface area contributed by atoms with Gasteiger partial charge in [0.2, 0.25) is 0 Å². The summed E-state index contributed by atoms with van der Waals surface area (Å²) in [5.41, 5.74) is 0.821. The summed E-state index contributed by atoms with van der Waals surface area (Å²) < 4.78 is 29.1. The lowest BCUT2D eigenvalue weighted by Crippen LogP contribution is -2.31. The Morgan fingerprint density at radius 3 is 2.79 bits per heavy atom. The molecule has 1 unspecified atom stereocenters. The van der Waals surface area contributed by atoms with E-state index in [1.807, 2.05) is 6.07 Å². The molecule has 0 radical (unpaired) electrons. The van der Waals surface area contributed by atoms with Crippen molar-refractivity contribution in [2.75, 3.05) is 26.5 Å². The molecule has 19 heavy (non-hydrogen) atoms. The van der Waals surface area contributed by atoms with E-state index >= 15 is 0 Å². The second-order valence-corrected chi connectivity index (χ2v) is 7.11. The van der Waals surface area contributed by atoms with Gasteiger partial charge in [-0.25, -0.2) is 8.42 Å². The van der Waals surface area contributed by atoms with Crippen LogP contribution in [0.2, 0.25) is 0 Å². The maximum Gasteiger partial charge on any atom is 0.175 e. The molecule has 0 aliphatic carbocycles. The molecule has 1 N–H and O–H groups in total. The van der Waals surface area contributed by atoms with E-state index in [1.165, 1.54) is 6.26 Å². The van der Waals surface area contributed by atoms with Crippen LogP contribution in [0.3, 0.4) is 0 Å². The summed E-state index contributed by atoms with van der Waals surface area (Å²) in [5.74, 6) is 1.15. The Labute approximate surface area is 115 Å². The predicted octanol–water partition coefficient (Wildman–Crippen LogP) is 1.64. The van der Waals surface area contributed by atoms with Gasteiger partial charge in [-0.3, -0.25) is 0 Å². The Bertz CT molecular complexity index is 534. The molecule has 0 saturated carbocycles. The van der Waals surface area contributed by atoms with E-state index in [-0.39, 0.29) is 0 Å². The van der Waals surface area contributed by atoms with Gasteiger partial charge in [-0.2, -0.15) is 0 Å². The van der Waals surface area contributed by atoms with Gasteiger partial charge in [-0.15, -0.1) is 0 Å². The van der Waals surface area contributed by atoms with Gasteiger partial charge in [0.15, 0.2) is 9.84 Å². The van der Waals surface area contributed by atoms with Crippen molar-refractivity contribution in [1.29, 1.82) is 0 Å². The quantitative estimate of drug-likeness (QED) is 0.912. The molecule has 1 fully saturated rings. The van der Waals surface area contributed by atoms with Gasteiger partial charge in [-0.1, -0.05) is 6.07 Å². The Balaban J connectivity index is 2.35. The summed E-state index contributed by atoms with van der Waals surface area (Å²) in [6.45, 7) is 2.00. The Hall–Kier alpha value is -1.07. The average Bonchev–Trinajstić information content (AvgIpc) is 2.39. The van der Waals surface area contributed by atoms with Crippen LogP contribution in [0.25, 0.3) is 0 Å². The highest BCUT2D eigenvalue weighted by Crippen LogP contribution is 2.30. The van der Waals surface area contributed by atoms with E-state index in [9.17, 15) is 8.42 Å². The highest BCUT2D eigenvalue weighted by molar-refractivity contribution is 7.90. The maximum absolute atomic E-state index is 11.9. The fourth-order valence-electron chi connectivity index (χ4n) is 2.67. The number of sulfone groups is 1. The molecule has 0 bridgehead atoms. The minimum Gasteiger partial charge on any atom is -0.496 e. The monoisotopic (exact) mass is 283 g/mol. The van der Waals surface area contributed by atoms with Gasteiger partial charge in [0.05, 0.1) is 12.0 Å². The minimum absolute atomic E-state index is 0.400. The van der Waals surface area contributed by atoms with E-state index < -0.39 is 9.84 Å². The Morgan fingerprint density at radius 2 is 2.21 bits per heavy atom. The predicted molar refractivity (Wildman–Crippen MR) is 75.4 cm³/mol. The van der Waals surface area contributed by atoms with Gasteiger partial charge in [0.25, 0.3) is 0 Å². The Kier molecular flexibility index (Phi) is 4.47. The molecular weight excluding hydrogens is 262 g/mol. The van der Waals surface area contributed by atoms with Crippen molar-refractivity contribution in [3.8, 4) is 5.75 Å². The highest BCUT2D eigenvalue weighted by Gasteiger charge is 2.21. The smallest absolute Gasteiger partial charge is 0.175 e. The van der Waals surface area contributed by atoms with Gasteiger partial charge in [0, 0.05) is 11.8 Å². The molecule has 0 aromatic heterocycles. The number of methoxy groups -OCH3 is 1. The van der Waals surface area contributed by atoms with Crippen LogP contribution in [0.5, 0.6) is 5.75 Å². The number of rotatable bonds is 4. The van der Waals surface area contributed by atoms with E-state index in [4.69, 9.17) is 4.74 Å². The lowest BCUT2D eigenvalue weighted by molar-refractivity contribution is 0.361. The van der Waals surface area contributed by atoms with Crippen molar-refractivity contribution in [3.63, 3.8) is 0 Å². The molecule has 1 aromatic rings. The molecule has 1 aliphatic rings. The standard InChI is InChI=1S/C14H21NO3S/c1-18-13-6-3-7-14(19(2,16)17)12(13)9-11-5-4-8-15-10-11/h3,6-7,11,15H,4-5,8-10H2,1-2H3. The van der Waals surface area contributed by atoms with Crippen LogP contribution in [0.4, 0.5) is 0 Å². The zero-order valence-corrected chi connectivity index (χ0v) is 12.3. The molecule has 1 aliphatic heterocycles. The second kappa shape index (κ2) is 5.92. The average molecular weight is 283 g/mol. The number of piperidine rings is 1. The lowest BCUT2D eigenvalue weighted by atomic mass is 9.92. The molecule has 5 heteroatoms. The number of hydrogen-bond acceptors (Lipinski definition) is 4. The van der Waals surface area contributed by atoms with E-state index in [0.29, 0.717) is 16.6 Å². The summed E-state index contributed by atoms with van der Waals surface area (Å²) in [6.07, 6.45) is 4.28. The molecule has 0 spiro atoms. The fourth-order valence-corrected chi connectivity index (χ4v) is 3.63. The normalized spacial score (nSPS) is 20.2. The summed E-state index contributed by atoms with van der Waals surface area (Å²) in [7, 11) is -1.63. The molecule has 1 saturated heterocycles. The molecule has 0 amide bonds. The van der Waals surface area contributed by atoms with Crippen molar-refractivity contribution in [2.45, 2.75) is 24.2 Å². The molecule has 1 heterocycles. The third kappa shape index (κ3) is 3.48. The molecule has 106 valence electrons. The Morgan fingerprint density at radius 1 is 1.42 bits per heavy atom. The van der Waals surface area contributed by atoms with Crippen molar-refractivity contribution in [3.05, 3.63) is 23.8 Å². The second-order valence-electron chi connectivity index (χ2n) is 5.13. The first kappa shape index (κ1) is 14.3. The van der Waals surface area contributed by atoms with Crippen LogP contribution >= 0.6 is 0 Å². The zero-order chi connectivity index (χ0) is 13.9. The van der Waals surface area contributed by atoms with Crippen molar-refractivity contribution >= 4 is 9.84 Å². The van der Waals surface area contributed by atoms with Crippen LogP contribution in [0, 0.1) is 5.92 Å². The topological polar surface area (TPSA) is 55.4 Å². The van der Waals surface area contributed by atoms with Crippen LogP contribution in [-0.4, -0.2) is 34.9 Å². The van der Waals surface area contributed by atoms with Crippen molar-refractivity contribution in [2.24, 2.45) is 5.92 Å². The molecule has 4 nitrogen and oxygen atoms in total. The third-order valence-corrected chi connectivity index (χ3v) is 4.78. The van der Waals surface area contributed by atoms with Gasteiger partial charge < -0.3 is 10.1 Å². The number of ether oxygens (including phenoxy) is 1. The van der Waals surface area contributed by atoms with Crippen molar-refractivity contribution in [1.82, 2.24) is 5.32 Å². The first-order valence-electron chi connectivity index (χ1n) is 6.59. The fraction of sp³-hybridized carbons (Fsp3) is 0.571. The first-order chi connectivity index (χ1) is 9.02. The van der Waals surface area contributed by atoms with Crippen LogP contribution in [-0.2, 0) is 16.3 Å². The van der Waals surface area contributed by atoms with E-state index in [1.54, 1.807) is 19.2 Å². The number of nitrogens with one attached hydrogen (secondary N) is 1.